The molecule has 0 aliphatic heterocycles. The van der Waals surface area contributed by atoms with Crippen molar-refractivity contribution in [2.24, 2.45) is 0 Å². The summed E-state index contributed by atoms with van der Waals surface area (Å²) in [5.41, 5.74) is 0.660. The lowest BCUT2D eigenvalue weighted by atomic mass is 10.2. The van der Waals surface area contributed by atoms with Crippen molar-refractivity contribution in [1.82, 2.24) is 25.4 Å². The van der Waals surface area contributed by atoms with Crippen molar-refractivity contribution >= 4 is 35.7 Å². The Morgan fingerprint density at radius 2 is 2.10 bits per heavy atom. The molecule has 3 aromatic rings. The molecule has 0 bridgehead atoms. The number of benzene rings is 1. The van der Waals surface area contributed by atoms with E-state index >= 15 is 0 Å². The monoisotopic (exact) mass is 306 g/mol. The molecule has 0 radical (unpaired) electrons. The van der Waals surface area contributed by atoms with Crippen molar-refractivity contribution in [3.63, 3.8) is 0 Å². The predicted molar refractivity (Wildman–Crippen MR) is 75.2 cm³/mol. The number of rotatable bonds is 3. The van der Waals surface area contributed by atoms with Crippen LogP contribution in [0, 0.1) is 4.77 Å². The van der Waals surface area contributed by atoms with Gasteiger partial charge in [-0.2, -0.15) is 5.10 Å². The van der Waals surface area contributed by atoms with Crippen LogP contribution in [0.5, 0.6) is 0 Å². The van der Waals surface area contributed by atoms with Crippen LogP contribution in [0.3, 0.4) is 0 Å². The number of halogens is 1. The molecule has 9 heteroatoms. The first-order valence-corrected chi connectivity index (χ1v) is 6.28. The molecule has 1 aromatic carbocycles. The van der Waals surface area contributed by atoms with Crippen molar-refractivity contribution in [2.75, 3.05) is 5.32 Å². The van der Waals surface area contributed by atoms with E-state index in [9.17, 15) is 0 Å². The fourth-order valence-electron chi connectivity index (χ4n) is 1.47. The molecule has 0 aliphatic rings. The molecule has 7 nitrogen and oxygen atoms in total. The van der Waals surface area contributed by atoms with Crippen molar-refractivity contribution < 1.29 is 4.42 Å². The van der Waals surface area contributed by atoms with Crippen LogP contribution in [-0.4, -0.2) is 25.4 Å². The highest BCUT2D eigenvalue weighted by Crippen LogP contribution is 2.27. The number of H-pyrrole nitrogens is 1. The van der Waals surface area contributed by atoms with Crippen molar-refractivity contribution in [3.8, 4) is 11.5 Å². The van der Waals surface area contributed by atoms with Crippen LogP contribution in [0.2, 0.25) is 5.02 Å². The molecule has 0 saturated carbocycles. The van der Waals surface area contributed by atoms with Crippen LogP contribution in [0.25, 0.3) is 11.5 Å². The summed E-state index contributed by atoms with van der Waals surface area (Å²) >= 11 is 10.9. The van der Waals surface area contributed by atoms with Gasteiger partial charge in [0.1, 0.15) is 0 Å². The van der Waals surface area contributed by atoms with Crippen LogP contribution in [0.15, 0.2) is 34.9 Å². The second kappa shape index (κ2) is 5.35. The summed E-state index contributed by atoms with van der Waals surface area (Å²) < 4.78 is 5.75. The van der Waals surface area contributed by atoms with Crippen molar-refractivity contribution in [2.45, 2.75) is 0 Å². The first kappa shape index (κ1) is 12.7. The molecule has 0 amide bonds. The van der Waals surface area contributed by atoms with Gasteiger partial charge in [0.25, 0.3) is 5.89 Å². The van der Waals surface area contributed by atoms with Crippen LogP contribution in [0.4, 0.5) is 11.8 Å². The molecule has 2 heterocycles. The fraction of sp³-hybridized carbons (Fsp3) is 0. The number of nitrogens with zero attached hydrogens (tertiary/aromatic N) is 4. The minimum atomic E-state index is 0.180. The van der Waals surface area contributed by atoms with Crippen LogP contribution in [-0.2, 0) is 0 Å². The van der Waals surface area contributed by atoms with Crippen molar-refractivity contribution in [3.05, 3.63) is 40.3 Å². The molecule has 2 N–H and O–H groups in total. The highest BCUT2D eigenvalue weighted by Gasteiger charge is 2.11. The molecule has 3 rings (SSSR count). The third kappa shape index (κ3) is 2.65. The number of nitrogens with one attached hydrogen (secondary N) is 2. The maximum Gasteiger partial charge on any atom is 0.321 e. The lowest BCUT2D eigenvalue weighted by molar-refractivity contribution is 0.587. The largest absolute Gasteiger partial charge is 0.403 e. The standard InChI is InChI=1S/C11H7ClN6OS/c12-7-4-2-1-3-6(7)9-16-17-10(19-9)14-8-5-13-11(20)18-15-8/h1-5H,(H,13,18,20)(H,14,15,17). The van der Waals surface area contributed by atoms with E-state index in [-0.39, 0.29) is 10.8 Å². The van der Waals surface area contributed by atoms with Gasteiger partial charge in [-0.15, -0.1) is 5.10 Å². The molecule has 2 aromatic heterocycles. The third-order valence-electron chi connectivity index (χ3n) is 2.34. The zero-order chi connectivity index (χ0) is 13.9. The van der Waals surface area contributed by atoms with E-state index in [0.29, 0.717) is 22.3 Å². The molecular weight excluding hydrogens is 300 g/mol. The number of hydrogen-bond acceptors (Lipinski definition) is 7. The summed E-state index contributed by atoms with van der Waals surface area (Å²) in [6, 6.07) is 7.38. The number of aromatic nitrogens is 5. The van der Waals surface area contributed by atoms with Gasteiger partial charge in [-0.3, -0.25) is 5.32 Å². The Balaban J connectivity index is 1.85. The first-order chi connectivity index (χ1) is 9.72. The number of anilines is 2. The molecule has 0 atom stereocenters. The minimum Gasteiger partial charge on any atom is -0.403 e. The normalized spacial score (nSPS) is 10.4. The van der Waals surface area contributed by atoms with Gasteiger partial charge < -0.3 is 4.42 Å². The summed E-state index contributed by atoms with van der Waals surface area (Å²) in [6.07, 6.45) is 1.46. The first-order valence-electron chi connectivity index (χ1n) is 5.49. The van der Waals surface area contributed by atoms with Crippen LogP contribution in [0.1, 0.15) is 0 Å². The molecule has 20 heavy (non-hydrogen) atoms. The van der Waals surface area contributed by atoms with Crippen molar-refractivity contribution in [1.29, 1.82) is 0 Å². The van der Waals surface area contributed by atoms with Gasteiger partial charge in [0.2, 0.25) is 4.77 Å². The maximum atomic E-state index is 6.06. The Labute approximate surface area is 123 Å². The summed E-state index contributed by atoms with van der Waals surface area (Å²) in [6.45, 7) is 0. The van der Waals surface area contributed by atoms with E-state index in [1.807, 2.05) is 12.1 Å². The molecule has 0 aliphatic carbocycles. The average Bonchev–Trinajstić information content (AvgIpc) is 2.90. The zero-order valence-corrected chi connectivity index (χ0v) is 11.4. The highest BCUT2D eigenvalue weighted by atomic mass is 35.5. The van der Waals surface area contributed by atoms with E-state index in [4.69, 9.17) is 28.2 Å². The van der Waals surface area contributed by atoms with Gasteiger partial charge in [0.05, 0.1) is 16.8 Å². The second-order valence-corrected chi connectivity index (χ2v) is 4.48. The van der Waals surface area contributed by atoms with E-state index in [2.05, 4.69) is 30.7 Å². The number of hydrogen-bond donors (Lipinski definition) is 2. The van der Waals surface area contributed by atoms with Gasteiger partial charge in [0, 0.05) is 0 Å². The molecule has 0 unspecified atom stereocenters. The Morgan fingerprint density at radius 3 is 2.85 bits per heavy atom. The average molecular weight is 307 g/mol. The van der Waals surface area contributed by atoms with Crippen LogP contribution >= 0.6 is 23.8 Å². The molecule has 0 fully saturated rings. The lowest BCUT2D eigenvalue weighted by Crippen LogP contribution is -1.96. The maximum absolute atomic E-state index is 6.06. The Bertz CT molecular complexity index is 781. The van der Waals surface area contributed by atoms with Gasteiger partial charge in [-0.25, -0.2) is 10.1 Å². The molecule has 0 saturated heterocycles. The molecular formula is C11H7ClN6OS. The topological polar surface area (TPSA) is 92.5 Å². The van der Waals surface area contributed by atoms with E-state index in [1.165, 1.54) is 6.20 Å². The summed E-state index contributed by atoms with van der Waals surface area (Å²) in [7, 11) is 0. The summed E-state index contributed by atoms with van der Waals surface area (Å²) in [4.78, 5) is 3.88. The minimum absolute atomic E-state index is 0.180. The number of aromatic amines is 1. The Hall–Kier alpha value is -2.32. The van der Waals surface area contributed by atoms with Gasteiger partial charge >= 0.3 is 6.01 Å². The lowest BCUT2D eigenvalue weighted by Gasteiger charge is -1.98. The van der Waals surface area contributed by atoms with E-state index in [1.54, 1.807) is 12.1 Å². The summed E-state index contributed by atoms with van der Waals surface area (Å²) in [5.74, 6) is 0.725. The SMILES string of the molecule is S=c1ncc(Nc2nnc(-c3ccccc3Cl)o2)n[nH]1. The molecule has 100 valence electrons. The van der Waals surface area contributed by atoms with Gasteiger partial charge in [0.15, 0.2) is 5.82 Å². The Kier molecular flexibility index (Phi) is 3.40. The fourth-order valence-corrected chi connectivity index (χ4v) is 1.79. The third-order valence-corrected chi connectivity index (χ3v) is 2.87. The Morgan fingerprint density at radius 1 is 1.25 bits per heavy atom. The smallest absolute Gasteiger partial charge is 0.321 e. The quantitative estimate of drug-likeness (QED) is 0.718. The summed E-state index contributed by atoms with van der Waals surface area (Å²) in [5, 5.41) is 17.6. The van der Waals surface area contributed by atoms with E-state index in [0.717, 1.165) is 0 Å². The second-order valence-electron chi connectivity index (χ2n) is 3.69. The predicted octanol–water partition coefficient (Wildman–Crippen LogP) is 2.98. The van der Waals surface area contributed by atoms with Gasteiger partial charge in [-0.05, 0) is 24.4 Å². The van der Waals surface area contributed by atoms with Crippen LogP contribution < -0.4 is 5.32 Å². The van der Waals surface area contributed by atoms with E-state index < -0.39 is 0 Å². The molecule has 0 spiro atoms. The highest BCUT2D eigenvalue weighted by molar-refractivity contribution is 7.71. The van der Waals surface area contributed by atoms with Gasteiger partial charge in [-0.1, -0.05) is 28.8 Å². The zero-order valence-electron chi connectivity index (χ0n) is 9.87.